The molecular weight excluding hydrogens is 888 g/mol. The van der Waals surface area contributed by atoms with E-state index in [4.69, 9.17) is 28.7 Å². The molecule has 6 atom stereocenters. The highest BCUT2D eigenvalue weighted by atomic mass is 19.1. The van der Waals surface area contributed by atoms with Gasteiger partial charge in [-0.2, -0.15) is 0 Å². The average Bonchev–Trinajstić information content (AvgIpc) is 4.18. The maximum atomic E-state index is 17.7. The summed E-state index contributed by atoms with van der Waals surface area (Å²) in [6.07, 6.45) is 6.06. The van der Waals surface area contributed by atoms with Crippen molar-refractivity contribution in [1.82, 2.24) is 50.1 Å². The van der Waals surface area contributed by atoms with Crippen LogP contribution in [0.15, 0.2) is 59.1 Å². The Hall–Kier alpha value is -6.92. The van der Waals surface area contributed by atoms with E-state index in [1.165, 1.54) is 14.2 Å². The molecule has 19 heteroatoms. The molecule has 4 aromatic heterocycles. The maximum Gasteiger partial charge on any atom is 0.407 e. The van der Waals surface area contributed by atoms with Crippen molar-refractivity contribution in [2.75, 3.05) is 27.3 Å². The van der Waals surface area contributed by atoms with Gasteiger partial charge in [-0.1, -0.05) is 52.8 Å². The molecule has 0 spiro atoms. The van der Waals surface area contributed by atoms with Crippen molar-refractivity contribution in [1.29, 1.82) is 0 Å². The number of carbonyl (C=O) groups excluding carboxylic acids is 4. The summed E-state index contributed by atoms with van der Waals surface area (Å²) in [4.78, 5) is 71.9. The van der Waals surface area contributed by atoms with E-state index in [0.717, 1.165) is 40.7 Å². The van der Waals surface area contributed by atoms with Crippen molar-refractivity contribution in [3.05, 3.63) is 89.1 Å². The molecule has 4 N–H and O–H groups in total. The fraction of sp³-hybridized carbons (Fsp3) is 0.500. The Labute approximate surface area is 399 Å². The highest BCUT2D eigenvalue weighted by molar-refractivity contribution is 5.94. The third kappa shape index (κ3) is 8.75. The number of nitrogens with one attached hydrogen (secondary N) is 4. The first kappa shape index (κ1) is 47.2. The molecule has 2 saturated heterocycles. The summed E-state index contributed by atoms with van der Waals surface area (Å²) in [5.41, 5.74) is 3.50. The zero-order valence-electron chi connectivity index (χ0n) is 40.5. The fourth-order valence-corrected chi connectivity index (χ4v) is 10.3. The second-order valence-corrected chi connectivity index (χ2v) is 19.7. The van der Waals surface area contributed by atoms with E-state index in [-0.39, 0.29) is 48.1 Å². The Balaban J connectivity index is 1.04. The molecule has 2 unspecified atom stereocenters. The smallest absolute Gasteiger partial charge is 0.407 e. The highest BCUT2D eigenvalue weighted by Crippen LogP contribution is 2.51. The normalized spacial score (nSPS) is 22.2. The second-order valence-electron chi connectivity index (χ2n) is 19.7. The number of nitrogens with zero attached hydrogens (tertiary/aromatic N) is 6. The molecule has 69 heavy (non-hydrogen) atoms. The van der Waals surface area contributed by atoms with Gasteiger partial charge in [0, 0.05) is 36.5 Å². The maximum absolute atomic E-state index is 17.7. The Morgan fingerprint density at radius 1 is 0.826 bits per heavy atom. The van der Waals surface area contributed by atoms with Crippen LogP contribution in [0.1, 0.15) is 139 Å². The molecule has 4 amide bonds. The number of carbonyl (C=O) groups is 4. The van der Waals surface area contributed by atoms with Gasteiger partial charge in [0.25, 0.3) is 0 Å². The van der Waals surface area contributed by atoms with Crippen LogP contribution in [-0.4, -0.2) is 109 Å². The summed E-state index contributed by atoms with van der Waals surface area (Å²) in [6, 6.07) is 7.64. The van der Waals surface area contributed by atoms with Gasteiger partial charge in [0.1, 0.15) is 35.2 Å². The van der Waals surface area contributed by atoms with Gasteiger partial charge in [-0.25, -0.2) is 23.9 Å². The number of imidazole rings is 2. The molecule has 2 fully saturated rings. The van der Waals surface area contributed by atoms with Gasteiger partial charge >= 0.3 is 12.2 Å². The summed E-state index contributed by atoms with van der Waals surface area (Å²) in [7, 11) is 2.54. The van der Waals surface area contributed by atoms with Crippen LogP contribution in [0.3, 0.4) is 0 Å². The molecule has 0 radical (unpaired) electrons. The van der Waals surface area contributed by atoms with Crippen molar-refractivity contribution in [2.24, 2.45) is 11.8 Å². The van der Waals surface area contributed by atoms with Gasteiger partial charge in [-0.3, -0.25) is 14.2 Å². The van der Waals surface area contributed by atoms with Crippen molar-refractivity contribution < 1.29 is 42.3 Å². The number of methoxy groups -OCH3 is 2. The molecule has 7 heterocycles. The number of aromatic amines is 2. The Kier molecular flexibility index (Phi) is 12.7. The van der Waals surface area contributed by atoms with Crippen molar-refractivity contribution >= 4 is 46.0 Å². The van der Waals surface area contributed by atoms with E-state index in [2.05, 4.69) is 25.8 Å². The first-order valence-electron chi connectivity index (χ1n) is 23.8. The van der Waals surface area contributed by atoms with Crippen LogP contribution in [0, 0.1) is 11.8 Å². The summed E-state index contributed by atoms with van der Waals surface area (Å²) in [6.45, 7) is 14.2. The molecule has 0 bridgehead atoms. The summed E-state index contributed by atoms with van der Waals surface area (Å²) in [5.74, 6) is 1.36. The van der Waals surface area contributed by atoms with Crippen molar-refractivity contribution in [2.45, 2.75) is 123 Å². The third-order valence-electron chi connectivity index (χ3n) is 13.9. The minimum Gasteiger partial charge on any atom is -0.462 e. The Morgan fingerprint density at radius 2 is 1.41 bits per heavy atom. The first-order valence-corrected chi connectivity index (χ1v) is 23.8. The third-order valence-corrected chi connectivity index (χ3v) is 13.9. The van der Waals surface area contributed by atoms with Crippen LogP contribution in [-0.2, 0) is 23.8 Å². The lowest BCUT2D eigenvalue weighted by Gasteiger charge is -2.37. The van der Waals surface area contributed by atoms with E-state index in [0.29, 0.717) is 71.6 Å². The van der Waals surface area contributed by atoms with Crippen LogP contribution in [0.4, 0.5) is 14.0 Å². The molecular formula is C50H61FN10O8. The van der Waals surface area contributed by atoms with Crippen molar-refractivity contribution in [3.63, 3.8) is 0 Å². The predicted molar refractivity (Wildman–Crippen MR) is 253 cm³/mol. The molecule has 9 rings (SSSR count). The number of amides is 4. The molecule has 18 nitrogen and oxygen atoms in total. The molecule has 3 aliphatic heterocycles. The lowest BCUT2D eigenvalue weighted by atomic mass is 9.81. The number of hydrogen-bond acceptors (Lipinski definition) is 11. The second kappa shape index (κ2) is 18.5. The molecule has 1 aliphatic carbocycles. The van der Waals surface area contributed by atoms with Crippen LogP contribution in [0.25, 0.3) is 33.3 Å². The monoisotopic (exact) mass is 948 g/mol. The van der Waals surface area contributed by atoms with Gasteiger partial charge in [0.05, 0.1) is 72.6 Å². The number of alkyl carbamates (subject to hydrolysis) is 2. The van der Waals surface area contributed by atoms with Crippen LogP contribution < -0.4 is 10.6 Å². The first-order chi connectivity index (χ1) is 33.0. The number of rotatable bonds is 12. The van der Waals surface area contributed by atoms with Gasteiger partial charge in [0.2, 0.25) is 18.0 Å². The minimum atomic E-state index is -1.90. The van der Waals surface area contributed by atoms with Crippen LogP contribution in [0.2, 0.25) is 0 Å². The van der Waals surface area contributed by atoms with E-state index < -0.39 is 36.2 Å². The minimum absolute atomic E-state index is 0.00807. The fourth-order valence-electron chi connectivity index (χ4n) is 10.3. The lowest BCUT2D eigenvalue weighted by Crippen LogP contribution is -2.51. The number of likely N-dealkylation sites (tertiary alicyclic amines) is 2. The lowest BCUT2D eigenvalue weighted by molar-refractivity contribution is -0.136. The number of allylic oxidation sites excluding steroid dienone is 3. The van der Waals surface area contributed by atoms with Gasteiger partial charge in [-0.05, 0) is 80.2 Å². The zero-order chi connectivity index (χ0) is 49.1. The molecule has 1 aromatic carbocycles. The zero-order valence-corrected chi connectivity index (χ0v) is 40.5. The van der Waals surface area contributed by atoms with Crippen molar-refractivity contribution in [3.8, 4) is 11.3 Å². The molecule has 4 aliphatic rings. The summed E-state index contributed by atoms with van der Waals surface area (Å²) >= 11 is 0. The highest BCUT2D eigenvalue weighted by Gasteiger charge is 2.45. The quantitative estimate of drug-likeness (QED) is 0.0931. The Morgan fingerprint density at radius 3 is 1.96 bits per heavy atom. The van der Waals surface area contributed by atoms with Gasteiger partial charge < -0.3 is 49.1 Å². The van der Waals surface area contributed by atoms with Gasteiger partial charge in [0.15, 0.2) is 5.76 Å². The molecule has 0 saturated carbocycles. The molecule has 366 valence electrons. The number of ether oxygens (including phenoxy) is 3. The summed E-state index contributed by atoms with van der Waals surface area (Å²) < 4.78 is 42.1. The standard InChI is InChI=1S/C50H61FN10O8/c1-25(2)31-21-39(69-58-31)47-61-34-15-14-28(32-23-52-43(54-32)35-12-10-16-59(35)45(62)41(26(3)4)56-48(64)66-8)18-29(34)19-37(61)40-38(68-47)20-30(22-50(40,7)51)33-24-53-44(55-33)36-13-11-17-60(36)46(63)42(27(5)6)57-49(65)67-9/h14-15,18-21,23-27,35-36,41-42,47H,10-13,16-17,22H2,1-9H3,(H,52,54)(H,53,55)(H,56,64)(H,57,65)/t35-,36-,41-,42-,47?,50?/m0/s1. The van der Waals surface area contributed by atoms with E-state index in [9.17, 15) is 19.2 Å². The van der Waals surface area contributed by atoms with Crippen LogP contribution in [0.5, 0.6) is 0 Å². The topological polar surface area (TPSA) is 215 Å². The predicted octanol–water partition coefficient (Wildman–Crippen LogP) is 8.46. The largest absolute Gasteiger partial charge is 0.462 e. The number of hydrogen-bond donors (Lipinski definition) is 4. The van der Waals surface area contributed by atoms with E-state index >= 15 is 4.39 Å². The number of aromatic nitrogens is 6. The number of H-pyrrole nitrogens is 2. The Bertz CT molecular complexity index is 2850. The van der Waals surface area contributed by atoms with Gasteiger partial charge in [-0.15, -0.1) is 0 Å². The number of benzene rings is 1. The average molecular weight is 949 g/mol. The van der Waals surface area contributed by atoms with E-state index in [1.54, 1.807) is 29.1 Å². The number of alkyl halides is 1. The van der Waals surface area contributed by atoms with E-state index in [1.807, 2.05) is 82.5 Å². The number of fused-ring (bicyclic) bond motifs is 4. The SMILES string of the molecule is COC(=O)N[C@H](C(=O)N1CCC[C@H]1c1ncc(C2=CC3=C(c4cc5cc(-c6cnc([C@@H]7CCCN7C(=O)[C@@H](NC(=O)OC)C(C)C)[nH]6)ccc5n4C(c4cc(C(C)C)no4)O3)C(C)(F)C2)[nH]1)C(C)C. The van der Waals surface area contributed by atoms with Crippen LogP contribution >= 0.6 is 0 Å². The number of halogens is 1. The summed E-state index contributed by atoms with van der Waals surface area (Å²) in [5, 5.41) is 10.6. The molecule has 5 aromatic rings.